The number of esters is 2. The lowest BCUT2D eigenvalue weighted by atomic mass is 10.0. The molecule has 1 aromatic carbocycles. The molecule has 1 N–H and O–H groups in total. The molecule has 1 atom stereocenters. The Hall–Kier alpha value is -2.96. The SMILES string of the molecule is CCc1nc2ccccc2c(C)c1C(=O)OCC(=O)N[C@H](CC(C)C)C(=O)OC. The van der Waals surface area contributed by atoms with Gasteiger partial charge in [-0.1, -0.05) is 39.0 Å². The molecule has 1 aromatic heterocycles. The number of carbonyl (C=O) groups is 3. The van der Waals surface area contributed by atoms with Gasteiger partial charge in [-0.05, 0) is 37.3 Å². The first-order chi connectivity index (χ1) is 13.8. The minimum absolute atomic E-state index is 0.181. The molecule has 0 aliphatic carbocycles. The average molecular weight is 400 g/mol. The molecule has 156 valence electrons. The summed E-state index contributed by atoms with van der Waals surface area (Å²) in [6.45, 7) is 7.14. The van der Waals surface area contributed by atoms with E-state index in [-0.39, 0.29) is 5.92 Å². The summed E-state index contributed by atoms with van der Waals surface area (Å²) in [5.41, 5.74) is 2.58. The molecule has 29 heavy (non-hydrogen) atoms. The molecule has 1 amide bonds. The Balaban J connectivity index is 2.13. The van der Waals surface area contributed by atoms with Crippen LogP contribution in [0.15, 0.2) is 24.3 Å². The molecule has 0 bridgehead atoms. The fraction of sp³-hybridized carbons (Fsp3) is 0.455. The molecule has 0 saturated heterocycles. The number of para-hydroxylation sites is 1. The predicted octanol–water partition coefficient (Wildman–Crippen LogP) is 2.97. The molecule has 2 aromatic rings. The number of methoxy groups -OCH3 is 1. The van der Waals surface area contributed by atoms with Crippen LogP contribution in [0.2, 0.25) is 0 Å². The van der Waals surface area contributed by atoms with E-state index >= 15 is 0 Å². The zero-order chi connectivity index (χ0) is 21.6. The fourth-order valence-electron chi connectivity index (χ4n) is 3.23. The normalized spacial score (nSPS) is 11.9. The number of ether oxygens (including phenoxy) is 2. The van der Waals surface area contributed by atoms with Crippen LogP contribution in [-0.4, -0.2) is 42.6 Å². The van der Waals surface area contributed by atoms with Crippen LogP contribution in [0.5, 0.6) is 0 Å². The van der Waals surface area contributed by atoms with Crippen LogP contribution in [-0.2, 0) is 25.5 Å². The largest absolute Gasteiger partial charge is 0.467 e. The van der Waals surface area contributed by atoms with Crippen LogP contribution in [0.3, 0.4) is 0 Å². The molecule has 0 aliphatic heterocycles. The number of amides is 1. The summed E-state index contributed by atoms with van der Waals surface area (Å²) in [6, 6.07) is 6.79. The van der Waals surface area contributed by atoms with Crippen molar-refractivity contribution in [3.05, 3.63) is 41.1 Å². The number of aromatic nitrogens is 1. The second kappa shape index (κ2) is 10.0. The van der Waals surface area contributed by atoms with Crippen molar-refractivity contribution in [3.63, 3.8) is 0 Å². The molecule has 0 aliphatic rings. The van der Waals surface area contributed by atoms with Gasteiger partial charge in [0.1, 0.15) is 6.04 Å². The maximum Gasteiger partial charge on any atom is 0.340 e. The third-order valence-corrected chi connectivity index (χ3v) is 4.63. The molecule has 7 heteroatoms. The third-order valence-electron chi connectivity index (χ3n) is 4.63. The molecule has 0 unspecified atom stereocenters. The number of hydrogen-bond acceptors (Lipinski definition) is 6. The van der Waals surface area contributed by atoms with Crippen LogP contribution in [0.25, 0.3) is 10.9 Å². The number of carbonyl (C=O) groups excluding carboxylic acids is 3. The number of nitrogens with zero attached hydrogens (tertiary/aromatic N) is 1. The molecule has 1 heterocycles. The first-order valence-electron chi connectivity index (χ1n) is 9.70. The first kappa shape index (κ1) is 22.3. The number of aryl methyl sites for hydroxylation is 2. The van der Waals surface area contributed by atoms with Crippen molar-refractivity contribution in [1.29, 1.82) is 0 Å². The Bertz CT molecular complexity index is 907. The topological polar surface area (TPSA) is 94.6 Å². The van der Waals surface area contributed by atoms with Crippen molar-refractivity contribution in [2.24, 2.45) is 5.92 Å². The highest BCUT2D eigenvalue weighted by Crippen LogP contribution is 2.24. The highest BCUT2D eigenvalue weighted by atomic mass is 16.5. The van der Waals surface area contributed by atoms with Gasteiger partial charge >= 0.3 is 11.9 Å². The molecular weight excluding hydrogens is 372 g/mol. The molecule has 0 fully saturated rings. The zero-order valence-electron chi connectivity index (χ0n) is 17.6. The van der Waals surface area contributed by atoms with E-state index < -0.39 is 30.5 Å². The standard InChI is InChI=1S/C22H28N2O5/c1-6-16-20(14(4)15-9-7-8-10-17(15)23-16)22(27)29-12-19(25)24-18(11-13(2)3)21(26)28-5/h7-10,13,18H,6,11-12H2,1-5H3,(H,24,25)/t18-/m1/s1. The summed E-state index contributed by atoms with van der Waals surface area (Å²) in [6.07, 6.45) is 0.987. The van der Waals surface area contributed by atoms with Gasteiger partial charge in [-0.15, -0.1) is 0 Å². The Labute approximate surface area is 170 Å². The summed E-state index contributed by atoms with van der Waals surface area (Å²) in [4.78, 5) is 41.3. The molecule has 0 saturated carbocycles. The van der Waals surface area contributed by atoms with Gasteiger partial charge in [-0.2, -0.15) is 0 Å². The van der Waals surface area contributed by atoms with Crippen LogP contribution in [0.4, 0.5) is 0 Å². The number of benzene rings is 1. The number of fused-ring (bicyclic) bond motifs is 1. The second-order valence-electron chi connectivity index (χ2n) is 7.28. The minimum Gasteiger partial charge on any atom is -0.467 e. The molecular formula is C22H28N2O5. The highest BCUT2D eigenvalue weighted by Gasteiger charge is 2.24. The number of rotatable bonds is 8. The smallest absolute Gasteiger partial charge is 0.340 e. The van der Waals surface area contributed by atoms with Crippen molar-refractivity contribution in [3.8, 4) is 0 Å². The summed E-state index contributed by atoms with van der Waals surface area (Å²) < 4.78 is 9.96. The highest BCUT2D eigenvalue weighted by molar-refractivity contribution is 5.99. The quantitative estimate of drug-likeness (QED) is 0.685. The van der Waals surface area contributed by atoms with Gasteiger partial charge in [0, 0.05) is 5.39 Å². The van der Waals surface area contributed by atoms with Crippen molar-refractivity contribution in [2.45, 2.75) is 46.6 Å². The van der Waals surface area contributed by atoms with E-state index in [9.17, 15) is 14.4 Å². The fourth-order valence-corrected chi connectivity index (χ4v) is 3.23. The van der Waals surface area contributed by atoms with E-state index in [1.165, 1.54) is 7.11 Å². The number of hydrogen-bond donors (Lipinski definition) is 1. The summed E-state index contributed by atoms with van der Waals surface area (Å²) in [7, 11) is 1.27. The third kappa shape index (κ3) is 5.53. The average Bonchev–Trinajstić information content (AvgIpc) is 2.70. The van der Waals surface area contributed by atoms with Gasteiger partial charge < -0.3 is 14.8 Å². The Morgan fingerprint density at radius 1 is 1.17 bits per heavy atom. The van der Waals surface area contributed by atoms with E-state index in [1.54, 1.807) is 0 Å². The minimum atomic E-state index is -0.776. The van der Waals surface area contributed by atoms with E-state index in [0.717, 1.165) is 16.5 Å². The van der Waals surface area contributed by atoms with Gasteiger partial charge in [-0.25, -0.2) is 9.59 Å². The van der Waals surface area contributed by atoms with Crippen molar-refractivity contribution in [1.82, 2.24) is 10.3 Å². The van der Waals surface area contributed by atoms with E-state index in [1.807, 2.05) is 52.0 Å². The Morgan fingerprint density at radius 2 is 1.86 bits per heavy atom. The monoisotopic (exact) mass is 400 g/mol. The zero-order valence-corrected chi connectivity index (χ0v) is 17.6. The maximum absolute atomic E-state index is 12.7. The first-order valence-corrected chi connectivity index (χ1v) is 9.70. The lowest BCUT2D eigenvalue weighted by molar-refractivity contribution is -0.145. The van der Waals surface area contributed by atoms with Crippen LogP contribution in [0, 0.1) is 12.8 Å². The summed E-state index contributed by atoms with van der Waals surface area (Å²) >= 11 is 0. The Morgan fingerprint density at radius 3 is 2.48 bits per heavy atom. The molecule has 0 spiro atoms. The van der Waals surface area contributed by atoms with Crippen LogP contribution >= 0.6 is 0 Å². The Kier molecular flexibility index (Phi) is 7.70. The van der Waals surface area contributed by atoms with Crippen LogP contribution in [0.1, 0.15) is 48.8 Å². The van der Waals surface area contributed by atoms with Crippen molar-refractivity contribution >= 4 is 28.7 Å². The van der Waals surface area contributed by atoms with E-state index in [4.69, 9.17) is 9.47 Å². The van der Waals surface area contributed by atoms with Crippen molar-refractivity contribution < 1.29 is 23.9 Å². The van der Waals surface area contributed by atoms with Gasteiger partial charge in [0.25, 0.3) is 5.91 Å². The van der Waals surface area contributed by atoms with E-state index in [0.29, 0.717) is 24.1 Å². The molecule has 2 rings (SSSR count). The van der Waals surface area contributed by atoms with Gasteiger partial charge in [0.05, 0.1) is 23.9 Å². The lowest BCUT2D eigenvalue weighted by Crippen LogP contribution is -2.44. The maximum atomic E-state index is 12.7. The van der Waals surface area contributed by atoms with Gasteiger partial charge in [-0.3, -0.25) is 9.78 Å². The number of pyridine rings is 1. The predicted molar refractivity (Wildman–Crippen MR) is 110 cm³/mol. The van der Waals surface area contributed by atoms with Crippen molar-refractivity contribution in [2.75, 3.05) is 13.7 Å². The second-order valence-corrected chi connectivity index (χ2v) is 7.28. The summed E-state index contributed by atoms with van der Waals surface area (Å²) in [5.74, 6) is -1.51. The lowest BCUT2D eigenvalue weighted by Gasteiger charge is -2.18. The molecule has 0 radical (unpaired) electrons. The summed E-state index contributed by atoms with van der Waals surface area (Å²) in [5, 5.41) is 3.44. The number of nitrogens with one attached hydrogen (secondary N) is 1. The van der Waals surface area contributed by atoms with Crippen LogP contribution < -0.4 is 5.32 Å². The van der Waals surface area contributed by atoms with Gasteiger partial charge in [0.15, 0.2) is 6.61 Å². The van der Waals surface area contributed by atoms with E-state index in [2.05, 4.69) is 10.3 Å². The molecule has 7 nitrogen and oxygen atoms in total. The van der Waals surface area contributed by atoms with Gasteiger partial charge in [0.2, 0.25) is 0 Å².